The van der Waals surface area contributed by atoms with Crippen molar-refractivity contribution in [3.05, 3.63) is 40.9 Å². The third-order valence-electron chi connectivity index (χ3n) is 3.40. The SMILES string of the molecule is COC(=O)C(C)c1ccc(N(C)c2nc(C(F)(F)F)cs2)cc1. The molecule has 0 bridgehead atoms. The Balaban J connectivity index is 2.19. The van der Waals surface area contributed by atoms with Crippen molar-refractivity contribution in [2.75, 3.05) is 19.1 Å². The molecule has 1 aromatic heterocycles. The van der Waals surface area contributed by atoms with Crippen molar-refractivity contribution in [1.29, 1.82) is 0 Å². The summed E-state index contributed by atoms with van der Waals surface area (Å²) in [6.07, 6.45) is -4.45. The normalized spacial score (nSPS) is 12.8. The largest absolute Gasteiger partial charge is 0.469 e. The van der Waals surface area contributed by atoms with Gasteiger partial charge in [0.1, 0.15) is 0 Å². The molecular weight excluding hydrogens is 329 g/mol. The Morgan fingerprint density at radius 3 is 2.39 bits per heavy atom. The molecule has 0 fully saturated rings. The number of anilines is 2. The molecule has 0 saturated heterocycles. The molecule has 8 heteroatoms. The average Bonchev–Trinajstić information content (AvgIpc) is 3.03. The molecule has 0 N–H and O–H groups in total. The number of thiazole rings is 1. The Hall–Kier alpha value is -2.09. The van der Waals surface area contributed by atoms with Crippen molar-refractivity contribution in [2.45, 2.75) is 19.0 Å². The van der Waals surface area contributed by atoms with Crippen LogP contribution in [-0.2, 0) is 15.7 Å². The fourth-order valence-corrected chi connectivity index (χ4v) is 2.78. The van der Waals surface area contributed by atoms with Crippen LogP contribution in [-0.4, -0.2) is 25.1 Å². The number of carbonyl (C=O) groups excluding carboxylic acids is 1. The predicted octanol–water partition coefficient (Wildman–Crippen LogP) is 4.21. The number of methoxy groups -OCH3 is 1. The Morgan fingerprint density at radius 1 is 1.30 bits per heavy atom. The Bertz CT molecular complexity index is 683. The van der Waals surface area contributed by atoms with Crippen LogP contribution < -0.4 is 4.90 Å². The second kappa shape index (κ2) is 6.57. The van der Waals surface area contributed by atoms with Gasteiger partial charge in [-0.2, -0.15) is 13.2 Å². The van der Waals surface area contributed by atoms with Crippen LogP contribution in [0.1, 0.15) is 24.1 Å². The summed E-state index contributed by atoms with van der Waals surface area (Å²) < 4.78 is 42.5. The Kier molecular flexibility index (Phi) is 4.93. The van der Waals surface area contributed by atoms with E-state index in [0.717, 1.165) is 22.3 Å². The van der Waals surface area contributed by atoms with Crippen molar-refractivity contribution >= 4 is 28.1 Å². The number of hydrogen-bond acceptors (Lipinski definition) is 5. The molecule has 0 aliphatic rings. The molecule has 0 saturated carbocycles. The van der Waals surface area contributed by atoms with Crippen LogP contribution in [0.15, 0.2) is 29.6 Å². The van der Waals surface area contributed by atoms with Gasteiger partial charge in [0.2, 0.25) is 0 Å². The molecular formula is C15H15F3N2O2S. The summed E-state index contributed by atoms with van der Waals surface area (Å²) in [5.41, 5.74) is 0.540. The van der Waals surface area contributed by atoms with Gasteiger partial charge in [-0.25, -0.2) is 4.98 Å². The zero-order valence-corrected chi connectivity index (χ0v) is 13.5. The van der Waals surface area contributed by atoms with E-state index >= 15 is 0 Å². The van der Waals surface area contributed by atoms with Gasteiger partial charge in [-0.1, -0.05) is 12.1 Å². The van der Waals surface area contributed by atoms with Gasteiger partial charge in [0.15, 0.2) is 10.8 Å². The van der Waals surface area contributed by atoms with Crippen molar-refractivity contribution < 1.29 is 22.7 Å². The molecule has 0 spiro atoms. The van der Waals surface area contributed by atoms with Crippen molar-refractivity contribution in [3.8, 4) is 0 Å². The highest BCUT2D eigenvalue weighted by atomic mass is 32.1. The summed E-state index contributed by atoms with van der Waals surface area (Å²) in [4.78, 5) is 16.7. The number of ether oxygens (including phenoxy) is 1. The molecule has 0 aliphatic carbocycles. The fourth-order valence-electron chi connectivity index (χ4n) is 1.96. The molecule has 1 aromatic carbocycles. The second-order valence-electron chi connectivity index (χ2n) is 4.91. The van der Waals surface area contributed by atoms with Gasteiger partial charge in [0.05, 0.1) is 13.0 Å². The molecule has 0 amide bonds. The molecule has 124 valence electrons. The lowest BCUT2D eigenvalue weighted by Gasteiger charge is -2.17. The number of hydrogen-bond donors (Lipinski definition) is 0. The Morgan fingerprint density at radius 2 is 1.91 bits per heavy atom. The molecule has 23 heavy (non-hydrogen) atoms. The minimum absolute atomic E-state index is 0.242. The van der Waals surface area contributed by atoms with Gasteiger partial charge in [-0.15, -0.1) is 11.3 Å². The van der Waals surface area contributed by atoms with Gasteiger partial charge < -0.3 is 9.64 Å². The highest BCUT2D eigenvalue weighted by Crippen LogP contribution is 2.35. The first-order chi connectivity index (χ1) is 10.7. The molecule has 1 unspecified atom stereocenters. The van der Waals surface area contributed by atoms with Crippen molar-refractivity contribution in [1.82, 2.24) is 4.98 Å². The van der Waals surface area contributed by atoms with Crippen LogP contribution in [0.25, 0.3) is 0 Å². The number of carbonyl (C=O) groups is 1. The first kappa shape index (κ1) is 17.3. The average molecular weight is 344 g/mol. The lowest BCUT2D eigenvalue weighted by Crippen LogP contribution is -2.12. The standard InChI is InChI=1S/C15H15F3N2O2S/c1-9(13(21)22-3)10-4-6-11(7-5-10)20(2)14-19-12(8-23-14)15(16,17)18/h4-9H,1-3H3. The van der Waals surface area contributed by atoms with Gasteiger partial charge in [0, 0.05) is 18.1 Å². The van der Waals surface area contributed by atoms with Crippen LogP contribution in [0.2, 0.25) is 0 Å². The lowest BCUT2D eigenvalue weighted by molar-refractivity contribution is -0.142. The Labute approximate surface area is 135 Å². The van der Waals surface area contributed by atoms with Gasteiger partial charge in [-0.05, 0) is 24.6 Å². The maximum absolute atomic E-state index is 12.6. The van der Waals surface area contributed by atoms with Crippen LogP contribution >= 0.6 is 11.3 Å². The van der Waals surface area contributed by atoms with E-state index in [9.17, 15) is 18.0 Å². The smallest absolute Gasteiger partial charge is 0.434 e. The lowest BCUT2D eigenvalue weighted by atomic mass is 10.0. The van der Waals surface area contributed by atoms with E-state index in [2.05, 4.69) is 9.72 Å². The van der Waals surface area contributed by atoms with Gasteiger partial charge in [-0.3, -0.25) is 4.79 Å². The topological polar surface area (TPSA) is 42.4 Å². The summed E-state index contributed by atoms with van der Waals surface area (Å²) >= 11 is 0.919. The monoisotopic (exact) mass is 344 g/mol. The van der Waals surface area contributed by atoms with Crippen molar-refractivity contribution in [3.63, 3.8) is 0 Å². The first-order valence-corrected chi connectivity index (χ1v) is 7.56. The highest BCUT2D eigenvalue weighted by molar-refractivity contribution is 7.13. The summed E-state index contributed by atoms with van der Waals surface area (Å²) in [6, 6.07) is 6.93. The van der Waals surface area contributed by atoms with E-state index in [-0.39, 0.29) is 11.1 Å². The molecule has 0 aliphatic heterocycles. The minimum atomic E-state index is -4.45. The third kappa shape index (κ3) is 3.82. The quantitative estimate of drug-likeness (QED) is 0.780. The number of benzene rings is 1. The van der Waals surface area contributed by atoms with E-state index in [0.29, 0.717) is 5.69 Å². The number of alkyl halides is 3. The van der Waals surface area contributed by atoms with E-state index in [1.165, 1.54) is 7.11 Å². The van der Waals surface area contributed by atoms with Crippen LogP contribution in [0, 0.1) is 0 Å². The maximum Gasteiger partial charge on any atom is 0.434 e. The van der Waals surface area contributed by atoms with Crippen molar-refractivity contribution in [2.24, 2.45) is 0 Å². The molecule has 0 radical (unpaired) electrons. The molecule has 1 atom stereocenters. The summed E-state index contributed by atoms with van der Waals surface area (Å²) in [6.45, 7) is 1.72. The van der Waals surface area contributed by atoms with Crippen LogP contribution in [0.5, 0.6) is 0 Å². The third-order valence-corrected chi connectivity index (χ3v) is 4.32. The summed E-state index contributed by atoms with van der Waals surface area (Å²) in [5, 5.41) is 1.23. The zero-order chi connectivity index (χ0) is 17.2. The number of esters is 1. The van der Waals surface area contributed by atoms with Gasteiger partial charge in [0.25, 0.3) is 0 Å². The second-order valence-corrected chi connectivity index (χ2v) is 5.75. The van der Waals surface area contributed by atoms with Crippen LogP contribution in [0.4, 0.5) is 24.0 Å². The number of halogens is 3. The van der Waals surface area contributed by atoms with Gasteiger partial charge >= 0.3 is 12.1 Å². The maximum atomic E-state index is 12.6. The minimum Gasteiger partial charge on any atom is -0.469 e. The number of rotatable bonds is 4. The number of aromatic nitrogens is 1. The molecule has 4 nitrogen and oxygen atoms in total. The molecule has 2 aromatic rings. The summed E-state index contributed by atoms with van der Waals surface area (Å²) in [7, 11) is 2.96. The zero-order valence-electron chi connectivity index (χ0n) is 12.7. The molecule has 2 rings (SSSR count). The van der Waals surface area contributed by atoms with E-state index in [1.54, 1.807) is 43.1 Å². The number of nitrogens with zero attached hydrogens (tertiary/aromatic N) is 2. The van der Waals surface area contributed by atoms with Crippen LogP contribution in [0.3, 0.4) is 0 Å². The van der Waals surface area contributed by atoms with E-state index in [4.69, 9.17) is 0 Å². The summed E-state index contributed by atoms with van der Waals surface area (Å²) in [5.74, 6) is -0.753. The highest BCUT2D eigenvalue weighted by Gasteiger charge is 2.34. The van der Waals surface area contributed by atoms with E-state index < -0.39 is 17.8 Å². The molecule has 1 heterocycles. The predicted molar refractivity (Wildman–Crippen MR) is 82.1 cm³/mol. The fraction of sp³-hybridized carbons (Fsp3) is 0.333. The first-order valence-electron chi connectivity index (χ1n) is 6.68. The van der Waals surface area contributed by atoms with E-state index in [1.807, 2.05) is 0 Å².